The molecule has 1 aromatic heterocycles. The Morgan fingerprint density at radius 2 is 1.97 bits per heavy atom. The van der Waals surface area contributed by atoms with Gasteiger partial charge in [-0.3, -0.25) is 9.59 Å². The first-order valence-corrected chi connectivity index (χ1v) is 11.7. The first-order chi connectivity index (χ1) is 14.2. The predicted molar refractivity (Wildman–Crippen MR) is 114 cm³/mol. The Hall–Kier alpha value is -2.56. The molecule has 1 aliphatic carbocycles. The van der Waals surface area contributed by atoms with E-state index in [1.165, 1.54) is 33.9 Å². The number of rotatable bonds is 7. The molecule has 1 aliphatic rings. The topological polar surface area (TPSA) is 125 Å². The van der Waals surface area contributed by atoms with E-state index in [0.29, 0.717) is 22.1 Å². The maximum absolute atomic E-state index is 12.4. The smallest absolute Gasteiger partial charge is 0.318 e. The lowest BCUT2D eigenvalue weighted by Crippen LogP contribution is -2.29. The number of nitrogens with one attached hydrogen (secondary N) is 2. The zero-order valence-corrected chi connectivity index (χ0v) is 18.3. The first-order valence-electron chi connectivity index (χ1n) is 9.44. The highest BCUT2D eigenvalue weighted by atomic mass is 32.2. The van der Waals surface area contributed by atoms with Crippen molar-refractivity contribution in [2.45, 2.75) is 38.0 Å². The van der Waals surface area contributed by atoms with Crippen LogP contribution in [0.4, 0.5) is 0 Å². The van der Waals surface area contributed by atoms with Crippen LogP contribution in [0.2, 0.25) is 0 Å². The predicted octanol–water partition coefficient (Wildman–Crippen LogP) is 2.39. The SMILES string of the molecule is CC(=NNC(=O)c1cc2c(s1)CC[C@@H](C)C2)c1ccc(S(=O)(=O)NCC(=O)O)cc1. The molecule has 1 atom stereocenters. The number of nitrogens with zero attached hydrogens (tertiary/aromatic N) is 1. The van der Waals surface area contributed by atoms with Crippen molar-refractivity contribution in [1.82, 2.24) is 10.1 Å². The summed E-state index contributed by atoms with van der Waals surface area (Å²) in [5.41, 5.74) is 4.95. The molecule has 1 amide bonds. The molecule has 0 unspecified atom stereocenters. The van der Waals surface area contributed by atoms with Crippen LogP contribution in [0.5, 0.6) is 0 Å². The Labute approximate surface area is 179 Å². The highest BCUT2D eigenvalue weighted by molar-refractivity contribution is 7.89. The van der Waals surface area contributed by atoms with Crippen molar-refractivity contribution >= 4 is 38.9 Å². The van der Waals surface area contributed by atoms with Crippen molar-refractivity contribution in [3.05, 3.63) is 51.2 Å². The average Bonchev–Trinajstić information content (AvgIpc) is 3.13. The minimum absolute atomic E-state index is 0.0530. The van der Waals surface area contributed by atoms with Crippen molar-refractivity contribution in [3.8, 4) is 0 Å². The molecular weight excluding hydrogens is 426 g/mol. The van der Waals surface area contributed by atoms with E-state index in [-0.39, 0.29) is 10.8 Å². The van der Waals surface area contributed by atoms with E-state index in [4.69, 9.17) is 5.11 Å². The fourth-order valence-electron chi connectivity index (χ4n) is 3.19. The van der Waals surface area contributed by atoms with Crippen LogP contribution in [-0.2, 0) is 27.7 Å². The Balaban J connectivity index is 1.65. The third-order valence-electron chi connectivity index (χ3n) is 4.87. The van der Waals surface area contributed by atoms with E-state index in [9.17, 15) is 18.0 Å². The van der Waals surface area contributed by atoms with Gasteiger partial charge in [0.1, 0.15) is 6.54 Å². The van der Waals surface area contributed by atoms with E-state index in [1.807, 2.05) is 10.8 Å². The second kappa shape index (κ2) is 9.07. The highest BCUT2D eigenvalue weighted by Crippen LogP contribution is 2.32. The number of hydrogen-bond acceptors (Lipinski definition) is 6. The largest absolute Gasteiger partial charge is 0.480 e. The Morgan fingerprint density at radius 1 is 1.27 bits per heavy atom. The number of carboxylic acid groups (broad SMARTS) is 1. The molecule has 0 saturated carbocycles. The molecule has 8 nitrogen and oxygen atoms in total. The molecule has 0 aliphatic heterocycles. The third-order valence-corrected chi connectivity index (χ3v) is 7.53. The van der Waals surface area contributed by atoms with E-state index in [1.54, 1.807) is 19.1 Å². The van der Waals surface area contributed by atoms with Gasteiger partial charge in [0.2, 0.25) is 10.0 Å². The van der Waals surface area contributed by atoms with Crippen molar-refractivity contribution in [2.24, 2.45) is 11.0 Å². The van der Waals surface area contributed by atoms with Crippen molar-refractivity contribution in [1.29, 1.82) is 0 Å². The fourth-order valence-corrected chi connectivity index (χ4v) is 5.26. The van der Waals surface area contributed by atoms with E-state index in [0.717, 1.165) is 19.3 Å². The number of benzene rings is 1. The minimum Gasteiger partial charge on any atom is -0.480 e. The van der Waals surface area contributed by atoms with Crippen LogP contribution in [0.15, 0.2) is 40.3 Å². The third kappa shape index (κ3) is 5.32. The molecule has 3 rings (SSSR count). The molecule has 1 aromatic carbocycles. The molecule has 10 heteroatoms. The molecule has 0 spiro atoms. The van der Waals surface area contributed by atoms with Gasteiger partial charge in [0.05, 0.1) is 15.5 Å². The number of fused-ring (bicyclic) bond motifs is 1. The van der Waals surface area contributed by atoms with Crippen molar-refractivity contribution in [3.63, 3.8) is 0 Å². The minimum atomic E-state index is -3.90. The average molecular weight is 450 g/mol. The number of sulfonamides is 1. The van der Waals surface area contributed by atoms with Gasteiger partial charge in [-0.25, -0.2) is 13.8 Å². The maximum atomic E-state index is 12.4. The normalized spacial score (nSPS) is 16.7. The number of carbonyl (C=O) groups excluding carboxylic acids is 1. The lowest BCUT2D eigenvalue weighted by molar-refractivity contribution is -0.135. The van der Waals surface area contributed by atoms with Crippen LogP contribution in [0.3, 0.4) is 0 Å². The van der Waals surface area contributed by atoms with Gasteiger partial charge in [-0.2, -0.15) is 9.82 Å². The van der Waals surface area contributed by atoms with E-state index >= 15 is 0 Å². The molecular formula is C20H23N3O5S2. The van der Waals surface area contributed by atoms with Gasteiger partial charge in [0.15, 0.2) is 0 Å². The van der Waals surface area contributed by atoms with Crippen LogP contribution in [-0.4, -0.2) is 37.7 Å². The number of thiophene rings is 1. The molecule has 0 radical (unpaired) electrons. The molecule has 1 heterocycles. The second-order valence-electron chi connectivity index (χ2n) is 7.29. The van der Waals surface area contributed by atoms with Crippen molar-refractivity contribution < 1.29 is 23.1 Å². The molecule has 30 heavy (non-hydrogen) atoms. The second-order valence-corrected chi connectivity index (χ2v) is 10.2. The summed E-state index contributed by atoms with van der Waals surface area (Å²) in [7, 11) is -3.90. The van der Waals surface area contributed by atoms with Gasteiger partial charge >= 0.3 is 5.97 Å². The zero-order chi connectivity index (χ0) is 21.9. The van der Waals surface area contributed by atoms with Crippen LogP contribution in [0.25, 0.3) is 0 Å². The quantitative estimate of drug-likeness (QED) is 0.442. The van der Waals surface area contributed by atoms with Crippen LogP contribution in [0.1, 0.15) is 45.9 Å². The summed E-state index contributed by atoms with van der Waals surface area (Å²) in [6, 6.07) is 7.75. The first kappa shape index (κ1) is 22.1. The summed E-state index contributed by atoms with van der Waals surface area (Å²) in [4.78, 5) is 24.8. The molecule has 2 aromatic rings. The highest BCUT2D eigenvalue weighted by Gasteiger charge is 2.20. The number of aliphatic carboxylic acids is 1. The van der Waals surface area contributed by atoms with Gasteiger partial charge in [-0.15, -0.1) is 11.3 Å². The van der Waals surface area contributed by atoms with Crippen molar-refractivity contribution in [2.75, 3.05) is 6.54 Å². The maximum Gasteiger partial charge on any atom is 0.318 e. The number of carboxylic acids is 1. The Kier molecular flexibility index (Phi) is 6.69. The number of carbonyl (C=O) groups is 2. The van der Waals surface area contributed by atoms with E-state index in [2.05, 4.69) is 17.5 Å². The number of hydrazone groups is 1. The number of aryl methyl sites for hydroxylation is 1. The van der Waals surface area contributed by atoms with E-state index < -0.39 is 22.5 Å². The molecule has 160 valence electrons. The zero-order valence-electron chi connectivity index (χ0n) is 16.6. The standard InChI is InChI=1S/C20H23N3O5S2/c1-12-3-8-17-15(9-12)10-18(29-17)20(26)23-22-13(2)14-4-6-16(7-5-14)30(27,28)21-11-19(24)25/h4-7,10,12,21H,3,8-9,11H2,1-2H3,(H,23,26)(H,24,25)/t12-/m1/s1. The summed E-state index contributed by atoms with van der Waals surface area (Å²) in [6.45, 7) is 3.22. The summed E-state index contributed by atoms with van der Waals surface area (Å²) in [6.07, 6.45) is 3.15. The molecule has 3 N–H and O–H groups in total. The van der Waals surface area contributed by atoms with Gasteiger partial charge in [-0.1, -0.05) is 19.1 Å². The number of hydrogen-bond donors (Lipinski definition) is 3. The number of amides is 1. The van der Waals surface area contributed by atoms with Crippen LogP contribution < -0.4 is 10.1 Å². The van der Waals surface area contributed by atoms with Gasteiger partial charge in [0, 0.05) is 4.88 Å². The molecule has 0 fully saturated rings. The summed E-state index contributed by atoms with van der Waals surface area (Å²) in [5, 5.41) is 12.7. The summed E-state index contributed by atoms with van der Waals surface area (Å²) in [5.74, 6) is -0.900. The Bertz CT molecular complexity index is 1090. The van der Waals surface area contributed by atoms with Crippen LogP contribution in [0, 0.1) is 5.92 Å². The lowest BCUT2D eigenvalue weighted by atomic mass is 9.90. The molecule has 0 saturated heterocycles. The lowest BCUT2D eigenvalue weighted by Gasteiger charge is -2.16. The molecule has 0 bridgehead atoms. The van der Waals surface area contributed by atoms with Crippen LogP contribution >= 0.6 is 11.3 Å². The van der Waals surface area contributed by atoms with Gasteiger partial charge in [0.25, 0.3) is 5.91 Å². The Morgan fingerprint density at radius 3 is 2.63 bits per heavy atom. The van der Waals surface area contributed by atoms with Gasteiger partial charge in [-0.05, 0) is 61.4 Å². The summed E-state index contributed by atoms with van der Waals surface area (Å²) >= 11 is 1.51. The summed E-state index contributed by atoms with van der Waals surface area (Å²) < 4.78 is 26.1. The monoisotopic (exact) mass is 449 g/mol. The van der Waals surface area contributed by atoms with Gasteiger partial charge < -0.3 is 5.11 Å². The fraction of sp³-hybridized carbons (Fsp3) is 0.350.